The minimum absolute atomic E-state index is 0.115. The number of fused-ring (bicyclic) bond motifs is 1. The van der Waals surface area contributed by atoms with Crippen LogP contribution >= 0.6 is 23.1 Å². The second kappa shape index (κ2) is 8.56. The summed E-state index contributed by atoms with van der Waals surface area (Å²) >= 11 is 2.53. The number of aromatic nitrogens is 4. The van der Waals surface area contributed by atoms with E-state index >= 15 is 0 Å². The highest BCUT2D eigenvalue weighted by Crippen LogP contribution is 2.32. The molecular weight excluding hydrogens is 432 g/mol. The molecule has 1 atom stereocenters. The molecule has 1 aromatic carbocycles. The maximum absolute atomic E-state index is 13.0. The van der Waals surface area contributed by atoms with Crippen LogP contribution in [0.4, 0.5) is 5.82 Å². The van der Waals surface area contributed by atoms with Gasteiger partial charge >= 0.3 is 0 Å². The Morgan fingerprint density at radius 1 is 1.19 bits per heavy atom. The molecule has 0 aliphatic heterocycles. The quantitative estimate of drug-likeness (QED) is 0.261. The molecule has 0 fully saturated rings. The summed E-state index contributed by atoms with van der Waals surface area (Å²) in [6.07, 6.45) is 1.64. The van der Waals surface area contributed by atoms with Gasteiger partial charge in [0.1, 0.15) is 10.6 Å². The fraction of sp³-hybridized carbons (Fsp3) is 0.238. The van der Waals surface area contributed by atoms with Gasteiger partial charge in [-0.05, 0) is 26.3 Å². The summed E-state index contributed by atoms with van der Waals surface area (Å²) in [6.45, 7) is 5.71. The predicted molar refractivity (Wildman–Crippen MR) is 126 cm³/mol. The number of rotatable bonds is 6. The molecule has 0 saturated heterocycles. The lowest BCUT2D eigenvalue weighted by molar-refractivity contribution is -0.115. The molecule has 0 radical (unpaired) electrons. The number of thiophene rings is 1. The summed E-state index contributed by atoms with van der Waals surface area (Å²) in [6, 6.07) is 11.5. The average Bonchev–Trinajstić information content (AvgIpc) is 3.39. The Kier molecular flexibility index (Phi) is 5.84. The topological polar surface area (TPSA) is 108 Å². The average molecular weight is 455 g/mol. The van der Waals surface area contributed by atoms with Crippen LogP contribution in [0.5, 0.6) is 0 Å². The summed E-state index contributed by atoms with van der Waals surface area (Å²) in [5.41, 5.74) is 1.40. The first kappa shape index (κ1) is 21.1. The Hall–Kier alpha value is -3.11. The van der Waals surface area contributed by atoms with Crippen molar-refractivity contribution in [3.63, 3.8) is 0 Å². The highest BCUT2D eigenvalue weighted by Gasteiger charge is 2.22. The number of anilines is 1. The van der Waals surface area contributed by atoms with Crippen molar-refractivity contribution in [2.24, 2.45) is 0 Å². The monoisotopic (exact) mass is 454 g/mol. The van der Waals surface area contributed by atoms with Crippen LogP contribution in [0.15, 0.2) is 57.9 Å². The predicted octanol–water partition coefficient (Wildman–Crippen LogP) is 3.74. The van der Waals surface area contributed by atoms with Crippen molar-refractivity contribution in [2.45, 2.75) is 37.2 Å². The van der Waals surface area contributed by atoms with Gasteiger partial charge in [-0.25, -0.2) is 14.3 Å². The number of nitrogens with one attached hydrogen (secondary N) is 1. The maximum Gasteiger partial charge on any atom is 0.282 e. The van der Waals surface area contributed by atoms with E-state index in [1.807, 2.05) is 49.6 Å². The number of nitrogen functional groups attached to an aromatic ring is 1. The van der Waals surface area contributed by atoms with E-state index in [2.05, 4.69) is 15.4 Å². The number of nitrogens with zero attached hydrogens (tertiary/aromatic N) is 4. The zero-order chi connectivity index (χ0) is 22.1. The molecule has 1 amide bonds. The molecule has 160 valence electrons. The van der Waals surface area contributed by atoms with Gasteiger partial charge in [0.15, 0.2) is 5.16 Å². The smallest absolute Gasteiger partial charge is 0.282 e. The van der Waals surface area contributed by atoms with E-state index in [9.17, 15) is 9.59 Å². The fourth-order valence-corrected chi connectivity index (χ4v) is 4.98. The van der Waals surface area contributed by atoms with Crippen LogP contribution in [0.2, 0.25) is 0 Å². The van der Waals surface area contributed by atoms with Gasteiger partial charge in [-0.3, -0.25) is 9.59 Å². The van der Waals surface area contributed by atoms with Gasteiger partial charge in [-0.15, -0.1) is 11.3 Å². The minimum atomic E-state index is -0.525. The number of hydrogen-bond donors (Lipinski definition) is 2. The van der Waals surface area contributed by atoms with Crippen molar-refractivity contribution >= 4 is 45.0 Å². The van der Waals surface area contributed by atoms with E-state index in [0.29, 0.717) is 21.2 Å². The Labute approximate surface area is 187 Å². The molecule has 0 aliphatic carbocycles. The van der Waals surface area contributed by atoms with E-state index in [1.165, 1.54) is 11.3 Å². The van der Waals surface area contributed by atoms with E-state index < -0.39 is 5.25 Å². The number of nitrogens with two attached hydrogens (primary N) is 1. The number of carbonyl (C=O) groups is 1. The minimum Gasteiger partial charge on any atom is -0.334 e. The Bertz CT molecular complexity index is 1290. The Morgan fingerprint density at radius 2 is 1.94 bits per heavy atom. The molecule has 0 bridgehead atoms. The first-order valence-corrected chi connectivity index (χ1v) is 11.5. The lowest BCUT2D eigenvalue weighted by atomic mass is 10.1. The number of carbonyl (C=O) groups excluding carboxylic acids is 1. The van der Waals surface area contributed by atoms with Crippen molar-refractivity contribution in [1.29, 1.82) is 0 Å². The van der Waals surface area contributed by atoms with E-state index in [-0.39, 0.29) is 17.5 Å². The molecule has 0 spiro atoms. The van der Waals surface area contributed by atoms with Crippen molar-refractivity contribution < 1.29 is 4.79 Å². The summed E-state index contributed by atoms with van der Waals surface area (Å²) in [5.74, 6) is 6.48. The molecule has 0 aliphatic rings. The first-order valence-electron chi connectivity index (χ1n) is 9.72. The molecule has 10 heteroatoms. The Balaban J connectivity index is 1.60. The maximum atomic E-state index is 13.0. The molecule has 0 saturated carbocycles. The van der Waals surface area contributed by atoms with Gasteiger partial charge in [0, 0.05) is 23.1 Å². The molecular formula is C21H22N6O2S2. The number of thioether (sulfide) groups is 1. The van der Waals surface area contributed by atoms with Crippen molar-refractivity contribution in [1.82, 2.24) is 19.4 Å². The van der Waals surface area contributed by atoms with Gasteiger partial charge in [0.2, 0.25) is 5.91 Å². The molecule has 31 heavy (non-hydrogen) atoms. The normalized spacial score (nSPS) is 12.4. The molecule has 8 nitrogen and oxygen atoms in total. The van der Waals surface area contributed by atoms with Crippen LogP contribution in [0.3, 0.4) is 0 Å². The van der Waals surface area contributed by atoms with Crippen molar-refractivity contribution in [3.05, 3.63) is 58.3 Å². The van der Waals surface area contributed by atoms with E-state index in [0.717, 1.165) is 27.6 Å². The molecule has 0 unspecified atom stereocenters. The number of amides is 1. The van der Waals surface area contributed by atoms with E-state index in [4.69, 9.17) is 5.84 Å². The SMILES string of the molecule is CC(C)n1nccc1NC(=O)[C@@H](C)Sc1nc2scc(-c3ccccc3)c2c(=O)n1N. The second-order valence-corrected chi connectivity index (χ2v) is 9.44. The summed E-state index contributed by atoms with van der Waals surface area (Å²) in [5, 5.41) is 9.26. The van der Waals surface area contributed by atoms with Gasteiger partial charge in [0.25, 0.3) is 5.56 Å². The van der Waals surface area contributed by atoms with Crippen LogP contribution < -0.4 is 16.7 Å². The van der Waals surface area contributed by atoms with Crippen LogP contribution in [0.25, 0.3) is 21.3 Å². The summed E-state index contributed by atoms with van der Waals surface area (Å²) < 4.78 is 2.75. The van der Waals surface area contributed by atoms with Crippen LogP contribution in [0, 0.1) is 0 Å². The summed E-state index contributed by atoms with van der Waals surface area (Å²) in [7, 11) is 0. The lowest BCUT2D eigenvalue weighted by Crippen LogP contribution is -2.31. The Morgan fingerprint density at radius 3 is 2.65 bits per heavy atom. The molecule has 4 rings (SSSR count). The zero-order valence-corrected chi connectivity index (χ0v) is 18.9. The van der Waals surface area contributed by atoms with Gasteiger partial charge < -0.3 is 11.2 Å². The third-order valence-corrected chi connectivity index (χ3v) is 6.69. The lowest BCUT2D eigenvalue weighted by Gasteiger charge is -2.15. The standard InChI is InChI=1S/C21H22N6O2S2/c1-12(2)27-16(9-10-23-27)24-18(28)13(3)31-21-25-19-17(20(29)26(21)22)15(11-30-19)14-7-5-4-6-8-14/h4-13H,22H2,1-3H3,(H,24,28)/t13-/m1/s1. The molecule has 3 heterocycles. The highest BCUT2D eigenvalue weighted by atomic mass is 32.2. The third-order valence-electron chi connectivity index (χ3n) is 4.75. The fourth-order valence-electron chi connectivity index (χ4n) is 3.16. The van der Waals surface area contributed by atoms with Crippen LogP contribution in [-0.2, 0) is 4.79 Å². The number of benzene rings is 1. The largest absolute Gasteiger partial charge is 0.334 e. The zero-order valence-electron chi connectivity index (χ0n) is 17.3. The molecule has 4 aromatic rings. The van der Waals surface area contributed by atoms with Crippen LogP contribution in [-0.4, -0.2) is 30.6 Å². The summed E-state index contributed by atoms with van der Waals surface area (Å²) in [4.78, 5) is 30.9. The molecule has 3 N–H and O–H groups in total. The van der Waals surface area contributed by atoms with E-state index in [1.54, 1.807) is 23.9 Å². The molecule has 3 aromatic heterocycles. The highest BCUT2D eigenvalue weighted by molar-refractivity contribution is 8.00. The van der Waals surface area contributed by atoms with Gasteiger partial charge in [-0.1, -0.05) is 42.1 Å². The van der Waals surface area contributed by atoms with Gasteiger partial charge in [0.05, 0.1) is 16.8 Å². The van der Waals surface area contributed by atoms with Crippen LogP contribution in [0.1, 0.15) is 26.8 Å². The number of hydrogen-bond acceptors (Lipinski definition) is 7. The van der Waals surface area contributed by atoms with Crippen molar-refractivity contribution in [2.75, 3.05) is 11.2 Å². The van der Waals surface area contributed by atoms with Gasteiger partial charge in [-0.2, -0.15) is 5.10 Å². The second-order valence-electron chi connectivity index (χ2n) is 7.27. The first-order chi connectivity index (χ1) is 14.9. The third kappa shape index (κ3) is 4.08. The van der Waals surface area contributed by atoms with Crippen molar-refractivity contribution in [3.8, 4) is 11.1 Å².